The summed E-state index contributed by atoms with van der Waals surface area (Å²) in [6.45, 7) is 3.70. The maximum atomic E-state index is 12.8. The van der Waals surface area contributed by atoms with Crippen LogP contribution in [-0.2, 0) is 4.74 Å². The van der Waals surface area contributed by atoms with Gasteiger partial charge in [0.1, 0.15) is 6.10 Å². The van der Waals surface area contributed by atoms with E-state index in [1.54, 1.807) is 12.5 Å². The van der Waals surface area contributed by atoms with E-state index in [0.29, 0.717) is 19.7 Å². The summed E-state index contributed by atoms with van der Waals surface area (Å²) in [6, 6.07) is 18.0. The largest absolute Gasteiger partial charge is 0.370 e. The van der Waals surface area contributed by atoms with Gasteiger partial charge in [-0.3, -0.25) is 0 Å². The fourth-order valence-electron chi connectivity index (χ4n) is 3.41. The van der Waals surface area contributed by atoms with Gasteiger partial charge in [-0.2, -0.15) is 0 Å². The van der Waals surface area contributed by atoms with E-state index < -0.39 is 0 Å². The molecule has 0 bridgehead atoms. The number of benzene rings is 2. The lowest BCUT2D eigenvalue weighted by Gasteiger charge is -2.34. The lowest BCUT2D eigenvalue weighted by Crippen LogP contribution is -2.47. The maximum Gasteiger partial charge on any atom is 0.318 e. The van der Waals surface area contributed by atoms with Gasteiger partial charge < -0.3 is 19.5 Å². The molecule has 1 saturated heterocycles. The Bertz CT molecular complexity index is 894. The number of morpholine rings is 1. The summed E-state index contributed by atoms with van der Waals surface area (Å²) >= 11 is 0. The Morgan fingerprint density at radius 2 is 1.96 bits per heavy atom. The van der Waals surface area contributed by atoms with Crippen molar-refractivity contribution >= 4 is 6.03 Å². The SMILES string of the molecule is C[C@@H](NC(=O)N1CCO[C@H](c2ccccc2)C1)c1ccc(-n2ccnc2)cc1. The number of aromatic nitrogens is 2. The lowest BCUT2D eigenvalue weighted by molar-refractivity contribution is -0.0157. The Morgan fingerprint density at radius 1 is 1.18 bits per heavy atom. The number of ether oxygens (including phenoxy) is 1. The third-order valence-electron chi connectivity index (χ3n) is 5.06. The summed E-state index contributed by atoms with van der Waals surface area (Å²) in [5.74, 6) is 0. The van der Waals surface area contributed by atoms with Crippen molar-refractivity contribution in [1.82, 2.24) is 19.8 Å². The van der Waals surface area contributed by atoms with Crippen LogP contribution in [0.1, 0.15) is 30.2 Å². The zero-order valence-electron chi connectivity index (χ0n) is 15.9. The van der Waals surface area contributed by atoms with Crippen LogP contribution in [-0.4, -0.2) is 40.2 Å². The van der Waals surface area contributed by atoms with Crippen LogP contribution in [0.4, 0.5) is 4.79 Å². The molecule has 1 N–H and O–H groups in total. The van der Waals surface area contributed by atoms with Gasteiger partial charge in [0.15, 0.2) is 0 Å². The summed E-state index contributed by atoms with van der Waals surface area (Å²) in [4.78, 5) is 18.7. The van der Waals surface area contributed by atoms with Crippen molar-refractivity contribution in [3.63, 3.8) is 0 Å². The highest BCUT2D eigenvalue weighted by molar-refractivity contribution is 5.75. The second kappa shape index (κ2) is 8.27. The second-order valence-corrected chi connectivity index (χ2v) is 6.95. The number of imidazole rings is 1. The first-order valence-corrected chi connectivity index (χ1v) is 9.51. The van der Waals surface area contributed by atoms with E-state index in [1.807, 2.05) is 77.2 Å². The van der Waals surface area contributed by atoms with Gasteiger partial charge in [-0.05, 0) is 30.2 Å². The van der Waals surface area contributed by atoms with E-state index in [-0.39, 0.29) is 18.2 Å². The number of urea groups is 1. The van der Waals surface area contributed by atoms with Gasteiger partial charge >= 0.3 is 6.03 Å². The molecule has 6 nitrogen and oxygen atoms in total. The molecule has 2 amide bonds. The zero-order chi connectivity index (χ0) is 19.3. The molecule has 2 atom stereocenters. The minimum absolute atomic E-state index is 0.0598. The Kier molecular flexibility index (Phi) is 5.39. The smallest absolute Gasteiger partial charge is 0.318 e. The van der Waals surface area contributed by atoms with E-state index in [4.69, 9.17) is 4.74 Å². The Morgan fingerprint density at radius 3 is 2.68 bits per heavy atom. The Balaban J connectivity index is 1.37. The number of amides is 2. The van der Waals surface area contributed by atoms with Gasteiger partial charge in [0.2, 0.25) is 0 Å². The predicted molar refractivity (Wildman–Crippen MR) is 107 cm³/mol. The van der Waals surface area contributed by atoms with Crippen LogP contribution in [0.2, 0.25) is 0 Å². The number of hydrogen-bond donors (Lipinski definition) is 1. The average molecular weight is 376 g/mol. The molecule has 0 aliphatic carbocycles. The van der Waals surface area contributed by atoms with Crippen LogP contribution in [0.3, 0.4) is 0 Å². The van der Waals surface area contributed by atoms with Crippen LogP contribution < -0.4 is 5.32 Å². The third-order valence-corrected chi connectivity index (χ3v) is 5.06. The van der Waals surface area contributed by atoms with E-state index >= 15 is 0 Å². The molecule has 6 heteroatoms. The normalized spacial score (nSPS) is 17.9. The quantitative estimate of drug-likeness (QED) is 0.755. The van der Waals surface area contributed by atoms with Crippen molar-refractivity contribution in [2.75, 3.05) is 19.7 Å². The summed E-state index contributed by atoms with van der Waals surface area (Å²) in [5.41, 5.74) is 3.20. The van der Waals surface area contributed by atoms with Crippen LogP contribution in [0.5, 0.6) is 0 Å². The highest BCUT2D eigenvalue weighted by Gasteiger charge is 2.26. The van der Waals surface area contributed by atoms with Gasteiger partial charge in [0, 0.05) is 24.6 Å². The fraction of sp³-hybridized carbons (Fsp3) is 0.273. The molecular formula is C22H24N4O2. The number of nitrogens with one attached hydrogen (secondary N) is 1. The molecule has 144 valence electrons. The zero-order valence-corrected chi connectivity index (χ0v) is 15.9. The average Bonchev–Trinajstić information content (AvgIpc) is 3.29. The molecule has 28 heavy (non-hydrogen) atoms. The van der Waals surface area contributed by atoms with Crippen molar-refractivity contribution < 1.29 is 9.53 Å². The van der Waals surface area contributed by atoms with Gasteiger partial charge in [-0.15, -0.1) is 0 Å². The van der Waals surface area contributed by atoms with E-state index in [1.165, 1.54) is 0 Å². The first-order valence-electron chi connectivity index (χ1n) is 9.51. The molecule has 2 heterocycles. The van der Waals surface area contributed by atoms with Gasteiger partial charge in [-0.1, -0.05) is 42.5 Å². The molecule has 1 fully saturated rings. The van der Waals surface area contributed by atoms with Crippen molar-refractivity contribution in [2.24, 2.45) is 0 Å². The topological polar surface area (TPSA) is 59.4 Å². The van der Waals surface area contributed by atoms with Gasteiger partial charge in [0.25, 0.3) is 0 Å². The van der Waals surface area contributed by atoms with E-state index in [9.17, 15) is 4.79 Å². The molecule has 1 aromatic heterocycles. The summed E-state index contributed by atoms with van der Waals surface area (Å²) in [5, 5.41) is 3.10. The fourth-order valence-corrected chi connectivity index (χ4v) is 3.41. The second-order valence-electron chi connectivity index (χ2n) is 6.95. The predicted octanol–water partition coefficient (Wildman–Crippen LogP) is 3.72. The van der Waals surface area contributed by atoms with Crippen LogP contribution >= 0.6 is 0 Å². The molecule has 0 spiro atoms. The van der Waals surface area contributed by atoms with Crippen molar-refractivity contribution in [1.29, 1.82) is 0 Å². The van der Waals surface area contributed by atoms with Crippen LogP contribution in [0.15, 0.2) is 73.3 Å². The molecule has 1 aliphatic heterocycles. The Labute approximate surface area is 164 Å². The number of nitrogens with zero attached hydrogens (tertiary/aromatic N) is 3. The van der Waals surface area contributed by atoms with Gasteiger partial charge in [0.05, 0.1) is 25.5 Å². The molecule has 1 aliphatic rings. The van der Waals surface area contributed by atoms with E-state index in [0.717, 1.165) is 16.8 Å². The highest BCUT2D eigenvalue weighted by atomic mass is 16.5. The lowest BCUT2D eigenvalue weighted by atomic mass is 10.1. The minimum atomic E-state index is -0.0812. The third kappa shape index (κ3) is 4.07. The van der Waals surface area contributed by atoms with Crippen molar-refractivity contribution in [3.8, 4) is 5.69 Å². The maximum absolute atomic E-state index is 12.8. The van der Waals surface area contributed by atoms with Gasteiger partial charge in [-0.25, -0.2) is 9.78 Å². The first kappa shape index (κ1) is 18.3. The number of rotatable bonds is 4. The Hall–Kier alpha value is -3.12. The standard InChI is InChI=1S/C22H24N4O2/c1-17(18-7-9-20(10-8-18)26-12-11-23-16-26)24-22(27)25-13-14-28-21(15-25)19-5-3-2-4-6-19/h2-12,16-17,21H,13-15H2,1H3,(H,24,27)/t17-,21+/m1/s1. The number of carbonyl (C=O) groups is 1. The van der Waals surface area contributed by atoms with Crippen molar-refractivity contribution in [2.45, 2.75) is 19.1 Å². The summed E-state index contributed by atoms with van der Waals surface area (Å²) < 4.78 is 7.80. The summed E-state index contributed by atoms with van der Waals surface area (Å²) in [6.07, 6.45) is 5.34. The summed E-state index contributed by atoms with van der Waals surface area (Å²) in [7, 11) is 0. The minimum Gasteiger partial charge on any atom is -0.370 e. The molecule has 3 aromatic rings. The van der Waals surface area contributed by atoms with Crippen molar-refractivity contribution in [3.05, 3.63) is 84.4 Å². The van der Waals surface area contributed by atoms with E-state index in [2.05, 4.69) is 10.3 Å². The number of hydrogen-bond acceptors (Lipinski definition) is 3. The molecule has 0 saturated carbocycles. The molecule has 4 rings (SSSR count). The van der Waals surface area contributed by atoms with Crippen LogP contribution in [0, 0.1) is 0 Å². The molecule has 2 aromatic carbocycles. The highest BCUT2D eigenvalue weighted by Crippen LogP contribution is 2.22. The monoisotopic (exact) mass is 376 g/mol. The van der Waals surface area contributed by atoms with Crippen LogP contribution in [0.25, 0.3) is 5.69 Å². The molecule has 0 unspecified atom stereocenters. The molecular weight excluding hydrogens is 352 g/mol. The molecule has 0 radical (unpaired) electrons. The number of carbonyl (C=O) groups excluding carboxylic acids is 1. The first-order chi connectivity index (χ1) is 13.7.